The molecule has 0 saturated carbocycles. The van der Waals surface area contributed by atoms with Crippen LogP contribution in [0.1, 0.15) is 24.0 Å². The second-order valence-corrected chi connectivity index (χ2v) is 7.10. The standard InChI is InChI=1S/C20H21F3N2O2/c21-20(22,23)15-6-7-19(24-10-15)27-18-8-16-12-26-13-17(9-18)25(16)11-14-4-2-1-3-5-14/h1-7,10,16-18H,8-9,11-13H2/t16-,17+,18?. The van der Waals surface area contributed by atoms with Crippen LogP contribution in [0.15, 0.2) is 48.7 Å². The van der Waals surface area contributed by atoms with E-state index in [1.807, 2.05) is 18.2 Å². The van der Waals surface area contributed by atoms with Gasteiger partial charge in [0.1, 0.15) is 6.10 Å². The molecule has 1 aromatic heterocycles. The van der Waals surface area contributed by atoms with Gasteiger partial charge in [-0.05, 0) is 11.6 Å². The van der Waals surface area contributed by atoms with Crippen LogP contribution in [-0.4, -0.2) is 41.3 Å². The third-order valence-corrected chi connectivity index (χ3v) is 5.19. The van der Waals surface area contributed by atoms with Gasteiger partial charge in [-0.25, -0.2) is 4.98 Å². The third kappa shape index (κ3) is 4.25. The Balaban J connectivity index is 1.41. The zero-order valence-electron chi connectivity index (χ0n) is 14.7. The number of ether oxygens (including phenoxy) is 2. The van der Waals surface area contributed by atoms with E-state index < -0.39 is 11.7 Å². The van der Waals surface area contributed by atoms with E-state index >= 15 is 0 Å². The molecule has 2 aliphatic heterocycles. The number of rotatable bonds is 4. The second kappa shape index (κ2) is 7.48. The summed E-state index contributed by atoms with van der Waals surface area (Å²) < 4.78 is 49.6. The quantitative estimate of drug-likeness (QED) is 0.808. The molecule has 3 atom stereocenters. The van der Waals surface area contributed by atoms with E-state index in [0.717, 1.165) is 31.6 Å². The number of alkyl halides is 3. The predicted molar refractivity (Wildman–Crippen MR) is 93.3 cm³/mol. The van der Waals surface area contributed by atoms with Crippen LogP contribution < -0.4 is 4.74 Å². The summed E-state index contributed by atoms with van der Waals surface area (Å²) in [5, 5.41) is 0. The molecule has 1 unspecified atom stereocenters. The Kier molecular flexibility index (Phi) is 5.06. The molecule has 144 valence electrons. The van der Waals surface area contributed by atoms with Gasteiger partial charge in [-0.3, -0.25) is 4.90 Å². The number of morpholine rings is 1. The minimum Gasteiger partial charge on any atom is -0.474 e. The molecule has 7 heteroatoms. The summed E-state index contributed by atoms with van der Waals surface area (Å²) in [7, 11) is 0. The lowest BCUT2D eigenvalue weighted by Crippen LogP contribution is -2.58. The van der Waals surface area contributed by atoms with Crippen LogP contribution >= 0.6 is 0 Å². The van der Waals surface area contributed by atoms with Gasteiger partial charge in [-0.1, -0.05) is 30.3 Å². The lowest BCUT2D eigenvalue weighted by atomic mass is 9.91. The van der Waals surface area contributed by atoms with Crippen molar-refractivity contribution in [2.45, 2.75) is 43.8 Å². The number of benzene rings is 1. The fraction of sp³-hybridized carbons (Fsp3) is 0.450. The van der Waals surface area contributed by atoms with Crippen molar-refractivity contribution in [3.8, 4) is 5.88 Å². The van der Waals surface area contributed by atoms with Crippen molar-refractivity contribution < 1.29 is 22.6 Å². The van der Waals surface area contributed by atoms with E-state index in [2.05, 4.69) is 22.0 Å². The number of hydrogen-bond acceptors (Lipinski definition) is 4. The number of pyridine rings is 1. The summed E-state index contributed by atoms with van der Waals surface area (Å²) in [5.74, 6) is 0.239. The van der Waals surface area contributed by atoms with Crippen molar-refractivity contribution in [1.82, 2.24) is 9.88 Å². The van der Waals surface area contributed by atoms with Gasteiger partial charge in [0.2, 0.25) is 5.88 Å². The molecule has 0 spiro atoms. The van der Waals surface area contributed by atoms with Crippen LogP contribution in [0.5, 0.6) is 5.88 Å². The van der Waals surface area contributed by atoms with E-state index in [-0.39, 0.29) is 24.1 Å². The minimum absolute atomic E-state index is 0.0693. The fourth-order valence-corrected chi connectivity index (χ4v) is 3.88. The Morgan fingerprint density at radius 3 is 2.33 bits per heavy atom. The first kappa shape index (κ1) is 18.3. The maximum absolute atomic E-state index is 12.7. The molecule has 4 nitrogen and oxygen atoms in total. The van der Waals surface area contributed by atoms with Gasteiger partial charge in [0, 0.05) is 43.7 Å². The summed E-state index contributed by atoms with van der Waals surface area (Å²) >= 11 is 0. The lowest BCUT2D eigenvalue weighted by molar-refractivity contribution is -0.137. The summed E-state index contributed by atoms with van der Waals surface area (Å²) in [6.07, 6.45) is -2.09. The van der Waals surface area contributed by atoms with E-state index in [0.29, 0.717) is 13.2 Å². The molecule has 2 fully saturated rings. The maximum Gasteiger partial charge on any atom is 0.417 e. The van der Waals surface area contributed by atoms with Gasteiger partial charge >= 0.3 is 6.18 Å². The lowest BCUT2D eigenvalue weighted by Gasteiger charge is -2.48. The highest BCUT2D eigenvalue weighted by atomic mass is 19.4. The SMILES string of the molecule is FC(F)(F)c1ccc(OC2C[C@H]3COC[C@@H](C2)N3Cc2ccccc2)nc1. The smallest absolute Gasteiger partial charge is 0.417 e. The molecule has 2 saturated heterocycles. The van der Waals surface area contributed by atoms with Crippen LogP contribution in [0.3, 0.4) is 0 Å². The maximum atomic E-state index is 12.7. The second-order valence-electron chi connectivity index (χ2n) is 7.10. The molecule has 2 aliphatic rings. The molecule has 2 aromatic rings. The molecule has 0 aliphatic carbocycles. The Morgan fingerprint density at radius 2 is 1.74 bits per heavy atom. The highest BCUT2D eigenvalue weighted by molar-refractivity contribution is 5.20. The summed E-state index contributed by atoms with van der Waals surface area (Å²) in [6.45, 7) is 2.15. The fourth-order valence-electron chi connectivity index (χ4n) is 3.88. The largest absolute Gasteiger partial charge is 0.474 e. The van der Waals surface area contributed by atoms with Crippen LogP contribution in [-0.2, 0) is 17.5 Å². The van der Waals surface area contributed by atoms with Crippen molar-refractivity contribution in [2.75, 3.05) is 13.2 Å². The van der Waals surface area contributed by atoms with Crippen molar-refractivity contribution >= 4 is 0 Å². The zero-order chi connectivity index (χ0) is 18.9. The molecule has 0 amide bonds. The Hall–Kier alpha value is -2.12. The number of halogens is 3. The first-order valence-electron chi connectivity index (χ1n) is 9.06. The van der Waals surface area contributed by atoms with Crippen LogP contribution in [0, 0.1) is 0 Å². The highest BCUT2D eigenvalue weighted by Gasteiger charge is 2.40. The molecule has 4 rings (SSSR count). The first-order valence-corrected chi connectivity index (χ1v) is 9.06. The minimum atomic E-state index is -4.39. The van der Waals surface area contributed by atoms with E-state index in [4.69, 9.17) is 9.47 Å². The number of aromatic nitrogens is 1. The molecule has 3 heterocycles. The molecular weight excluding hydrogens is 357 g/mol. The van der Waals surface area contributed by atoms with Crippen LogP contribution in [0.25, 0.3) is 0 Å². The van der Waals surface area contributed by atoms with E-state index in [1.54, 1.807) is 0 Å². The predicted octanol–water partition coefficient (Wildman–Crippen LogP) is 3.91. The summed E-state index contributed by atoms with van der Waals surface area (Å²) in [4.78, 5) is 6.29. The summed E-state index contributed by atoms with van der Waals surface area (Å²) in [6, 6.07) is 13.1. The van der Waals surface area contributed by atoms with Gasteiger partial charge in [-0.15, -0.1) is 0 Å². The normalized spacial score (nSPS) is 26.0. The molecule has 0 radical (unpaired) electrons. The molecule has 2 bridgehead atoms. The van der Waals surface area contributed by atoms with Gasteiger partial charge in [-0.2, -0.15) is 13.2 Å². The van der Waals surface area contributed by atoms with Crippen LogP contribution in [0.2, 0.25) is 0 Å². The number of piperidine rings is 1. The van der Waals surface area contributed by atoms with Crippen molar-refractivity contribution in [2.24, 2.45) is 0 Å². The average Bonchev–Trinajstić information content (AvgIpc) is 2.63. The monoisotopic (exact) mass is 378 g/mol. The molecule has 27 heavy (non-hydrogen) atoms. The van der Waals surface area contributed by atoms with Gasteiger partial charge < -0.3 is 9.47 Å². The summed E-state index contributed by atoms with van der Waals surface area (Å²) in [5.41, 5.74) is 0.496. The number of fused-ring (bicyclic) bond motifs is 2. The van der Waals surface area contributed by atoms with Crippen LogP contribution in [0.4, 0.5) is 13.2 Å². The number of nitrogens with zero attached hydrogens (tertiary/aromatic N) is 2. The Bertz CT molecular complexity index is 738. The zero-order valence-corrected chi connectivity index (χ0v) is 14.7. The average molecular weight is 378 g/mol. The van der Waals surface area contributed by atoms with Gasteiger partial charge in [0.15, 0.2) is 0 Å². The third-order valence-electron chi connectivity index (χ3n) is 5.19. The van der Waals surface area contributed by atoms with Gasteiger partial charge in [0.05, 0.1) is 18.8 Å². The Morgan fingerprint density at radius 1 is 1.04 bits per heavy atom. The topological polar surface area (TPSA) is 34.6 Å². The molecule has 1 aromatic carbocycles. The van der Waals surface area contributed by atoms with Crippen molar-refractivity contribution in [1.29, 1.82) is 0 Å². The van der Waals surface area contributed by atoms with E-state index in [1.165, 1.54) is 11.6 Å². The molecule has 0 N–H and O–H groups in total. The number of hydrogen-bond donors (Lipinski definition) is 0. The first-order chi connectivity index (χ1) is 13.0. The van der Waals surface area contributed by atoms with Crippen molar-refractivity contribution in [3.63, 3.8) is 0 Å². The van der Waals surface area contributed by atoms with E-state index in [9.17, 15) is 13.2 Å². The Labute approximate surface area is 155 Å². The molecular formula is C20H21F3N2O2. The van der Waals surface area contributed by atoms with Gasteiger partial charge in [0.25, 0.3) is 0 Å². The highest BCUT2D eigenvalue weighted by Crippen LogP contribution is 2.32. The van der Waals surface area contributed by atoms with Crippen molar-refractivity contribution in [3.05, 3.63) is 59.8 Å².